The average Bonchev–Trinajstić information content (AvgIpc) is 2.54. The van der Waals surface area contributed by atoms with Crippen molar-refractivity contribution in [2.45, 2.75) is 25.7 Å². The summed E-state index contributed by atoms with van der Waals surface area (Å²) in [6, 6.07) is 0. The molecule has 0 spiro atoms. The molecule has 2 aliphatic heterocycles. The minimum atomic E-state index is -0.843. The van der Waals surface area contributed by atoms with Crippen LogP contribution in [0.2, 0.25) is 0 Å². The van der Waals surface area contributed by atoms with Crippen molar-refractivity contribution in [2.24, 2.45) is 5.41 Å². The summed E-state index contributed by atoms with van der Waals surface area (Å²) in [5.74, 6) is -0.736. The lowest BCUT2D eigenvalue weighted by atomic mass is 9.77. The third kappa shape index (κ3) is 4.08. The molecule has 2 saturated heterocycles. The molecule has 0 aromatic heterocycles. The van der Waals surface area contributed by atoms with E-state index in [2.05, 4.69) is 16.8 Å². The predicted molar refractivity (Wildman–Crippen MR) is 84.6 cm³/mol. The molecule has 2 N–H and O–H groups in total. The summed E-state index contributed by atoms with van der Waals surface area (Å²) in [6.07, 6.45) is 3.92. The minimum absolute atomic E-state index is 0.0768. The van der Waals surface area contributed by atoms with Gasteiger partial charge in [0.15, 0.2) is 0 Å². The fourth-order valence-corrected chi connectivity index (χ4v) is 3.40. The molecule has 1 unspecified atom stereocenters. The van der Waals surface area contributed by atoms with Crippen LogP contribution in [0.4, 0.5) is 0 Å². The van der Waals surface area contributed by atoms with Crippen molar-refractivity contribution < 1.29 is 14.7 Å². The maximum atomic E-state index is 12.4. The molecule has 6 heteroatoms. The fraction of sp³-hybridized carbons (Fsp3) is 0.750. The molecule has 0 saturated carbocycles. The van der Waals surface area contributed by atoms with Crippen molar-refractivity contribution in [3.8, 4) is 0 Å². The second-order valence-corrected chi connectivity index (χ2v) is 6.34. The molecule has 1 atom stereocenters. The first-order chi connectivity index (χ1) is 10.6. The highest BCUT2D eigenvalue weighted by Crippen LogP contribution is 2.34. The molecule has 1 amide bonds. The van der Waals surface area contributed by atoms with Gasteiger partial charge in [0.2, 0.25) is 5.91 Å². The van der Waals surface area contributed by atoms with Crippen molar-refractivity contribution in [3.05, 3.63) is 12.7 Å². The van der Waals surface area contributed by atoms with Crippen molar-refractivity contribution in [3.63, 3.8) is 0 Å². The molecule has 0 aromatic carbocycles. The Morgan fingerprint density at radius 2 is 2.00 bits per heavy atom. The van der Waals surface area contributed by atoms with E-state index < -0.39 is 11.4 Å². The van der Waals surface area contributed by atoms with Crippen LogP contribution in [-0.2, 0) is 9.59 Å². The van der Waals surface area contributed by atoms with Crippen LogP contribution in [0, 0.1) is 5.41 Å². The van der Waals surface area contributed by atoms with Crippen molar-refractivity contribution in [2.75, 3.05) is 45.8 Å². The van der Waals surface area contributed by atoms with E-state index in [9.17, 15) is 14.7 Å². The Balaban J connectivity index is 1.88. The number of allylic oxidation sites excluding steroid dienone is 1. The number of carboxylic acids is 1. The lowest BCUT2D eigenvalue weighted by Gasteiger charge is -2.39. The van der Waals surface area contributed by atoms with Crippen molar-refractivity contribution in [1.29, 1.82) is 0 Å². The summed E-state index contributed by atoms with van der Waals surface area (Å²) in [4.78, 5) is 28.1. The van der Waals surface area contributed by atoms with Crippen LogP contribution in [0.25, 0.3) is 0 Å². The number of piperazine rings is 1. The third-order valence-corrected chi connectivity index (χ3v) is 4.77. The largest absolute Gasteiger partial charge is 0.481 e. The molecular weight excluding hydrogens is 282 g/mol. The summed E-state index contributed by atoms with van der Waals surface area (Å²) in [5.41, 5.74) is -0.843. The first kappa shape index (κ1) is 17.0. The first-order valence-corrected chi connectivity index (χ1v) is 8.12. The number of hydrogen-bond acceptors (Lipinski definition) is 4. The van der Waals surface area contributed by atoms with Gasteiger partial charge in [-0.3, -0.25) is 9.59 Å². The van der Waals surface area contributed by atoms with Crippen LogP contribution < -0.4 is 5.32 Å². The zero-order valence-corrected chi connectivity index (χ0v) is 13.2. The number of rotatable bonds is 6. The number of carbonyl (C=O) groups excluding carboxylic acids is 1. The maximum absolute atomic E-state index is 12.4. The van der Waals surface area contributed by atoms with Crippen LogP contribution in [-0.4, -0.2) is 72.6 Å². The van der Waals surface area contributed by atoms with Crippen LogP contribution in [0.1, 0.15) is 25.7 Å². The second kappa shape index (κ2) is 7.74. The molecule has 2 heterocycles. The molecule has 2 fully saturated rings. The molecule has 2 rings (SSSR count). The standard InChI is InChI=1S/C16H27N3O3/c1-2-5-16(15(21)22)6-3-9-19(13-16)14(20)4-10-18-11-7-17-8-12-18/h2,17H,1,3-13H2,(H,21,22). The maximum Gasteiger partial charge on any atom is 0.311 e. The number of carbonyl (C=O) groups is 2. The van der Waals surface area contributed by atoms with Crippen LogP contribution in [0.15, 0.2) is 12.7 Å². The average molecular weight is 309 g/mol. The number of amides is 1. The van der Waals surface area contributed by atoms with Crippen LogP contribution in [0.3, 0.4) is 0 Å². The Morgan fingerprint density at radius 1 is 1.27 bits per heavy atom. The Labute approximate surface area is 132 Å². The zero-order valence-electron chi connectivity index (χ0n) is 13.2. The number of hydrogen-bond donors (Lipinski definition) is 2. The smallest absolute Gasteiger partial charge is 0.311 e. The van der Waals surface area contributed by atoms with Gasteiger partial charge in [0.05, 0.1) is 5.41 Å². The molecule has 22 heavy (non-hydrogen) atoms. The van der Waals surface area contributed by atoms with E-state index in [1.807, 2.05) is 0 Å². The summed E-state index contributed by atoms with van der Waals surface area (Å²) in [7, 11) is 0. The second-order valence-electron chi connectivity index (χ2n) is 6.34. The molecule has 6 nitrogen and oxygen atoms in total. The minimum Gasteiger partial charge on any atom is -0.481 e. The Hall–Kier alpha value is -1.40. The summed E-state index contributed by atoms with van der Waals surface area (Å²) >= 11 is 0. The highest BCUT2D eigenvalue weighted by molar-refractivity contribution is 5.80. The van der Waals surface area contributed by atoms with Gasteiger partial charge < -0.3 is 20.2 Å². The quantitative estimate of drug-likeness (QED) is 0.701. The molecule has 0 aliphatic carbocycles. The van der Waals surface area contributed by atoms with Gasteiger partial charge in [0.25, 0.3) is 0 Å². The lowest BCUT2D eigenvalue weighted by molar-refractivity contribution is -0.154. The Morgan fingerprint density at radius 3 is 2.64 bits per heavy atom. The van der Waals surface area contributed by atoms with E-state index in [1.165, 1.54) is 0 Å². The van der Waals surface area contributed by atoms with E-state index >= 15 is 0 Å². The topological polar surface area (TPSA) is 72.9 Å². The lowest BCUT2D eigenvalue weighted by Crippen LogP contribution is -2.50. The van der Waals surface area contributed by atoms with Crippen molar-refractivity contribution >= 4 is 11.9 Å². The number of carboxylic acid groups (broad SMARTS) is 1. The normalized spacial score (nSPS) is 26.6. The van der Waals surface area contributed by atoms with E-state index in [-0.39, 0.29) is 5.91 Å². The number of piperidine rings is 1. The molecule has 2 aliphatic rings. The highest BCUT2D eigenvalue weighted by Gasteiger charge is 2.42. The number of likely N-dealkylation sites (tertiary alicyclic amines) is 1. The summed E-state index contributed by atoms with van der Waals surface area (Å²) in [5, 5.41) is 12.8. The number of nitrogens with one attached hydrogen (secondary N) is 1. The van der Waals surface area contributed by atoms with Gasteiger partial charge in [-0.05, 0) is 19.3 Å². The van der Waals surface area contributed by atoms with Gasteiger partial charge >= 0.3 is 5.97 Å². The third-order valence-electron chi connectivity index (χ3n) is 4.77. The van der Waals surface area contributed by atoms with Gasteiger partial charge in [-0.15, -0.1) is 6.58 Å². The number of aliphatic carboxylic acids is 1. The Bertz CT molecular complexity index is 421. The van der Waals surface area contributed by atoms with Crippen LogP contribution >= 0.6 is 0 Å². The highest BCUT2D eigenvalue weighted by atomic mass is 16.4. The molecule has 124 valence electrons. The number of nitrogens with zero attached hydrogens (tertiary/aromatic N) is 2. The van der Waals surface area contributed by atoms with Gasteiger partial charge in [-0.2, -0.15) is 0 Å². The fourth-order valence-electron chi connectivity index (χ4n) is 3.40. The Kier molecular flexibility index (Phi) is 5.97. The van der Waals surface area contributed by atoms with Crippen molar-refractivity contribution in [1.82, 2.24) is 15.1 Å². The van der Waals surface area contributed by atoms with Gasteiger partial charge in [-0.1, -0.05) is 6.08 Å². The molecule has 0 aromatic rings. The van der Waals surface area contributed by atoms with E-state index in [0.717, 1.165) is 39.1 Å². The zero-order chi connectivity index (χ0) is 16.0. The van der Waals surface area contributed by atoms with Gasteiger partial charge in [-0.25, -0.2) is 0 Å². The first-order valence-electron chi connectivity index (χ1n) is 8.12. The van der Waals surface area contributed by atoms with E-state index in [4.69, 9.17) is 0 Å². The summed E-state index contributed by atoms with van der Waals surface area (Å²) < 4.78 is 0. The van der Waals surface area contributed by atoms with E-state index in [0.29, 0.717) is 32.4 Å². The molecule has 0 bridgehead atoms. The SMILES string of the molecule is C=CCC1(C(=O)O)CCCN(C(=O)CCN2CCNCC2)C1. The predicted octanol–water partition coefficient (Wildman–Crippen LogP) is 0.551. The molecular formula is C16H27N3O3. The monoisotopic (exact) mass is 309 g/mol. The van der Waals surface area contributed by atoms with Crippen LogP contribution in [0.5, 0.6) is 0 Å². The molecule has 0 radical (unpaired) electrons. The van der Waals surface area contributed by atoms with Gasteiger partial charge in [0.1, 0.15) is 0 Å². The van der Waals surface area contributed by atoms with E-state index in [1.54, 1.807) is 11.0 Å². The summed E-state index contributed by atoms with van der Waals surface area (Å²) in [6.45, 7) is 9.31. The van der Waals surface area contributed by atoms with Gasteiger partial charge in [0, 0.05) is 52.2 Å².